The van der Waals surface area contributed by atoms with E-state index in [1.807, 2.05) is 49.6 Å². The van der Waals surface area contributed by atoms with Gasteiger partial charge in [-0.2, -0.15) is 5.10 Å². The molecule has 0 N–H and O–H groups in total. The van der Waals surface area contributed by atoms with Crippen molar-refractivity contribution < 1.29 is 14.3 Å². The zero-order valence-corrected chi connectivity index (χ0v) is 17.9. The number of hydrogen-bond donors (Lipinski definition) is 0. The number of amides is 1. The maximum Gasteiger partial charge on any atom is 0.231 e. The van der Waals surface area contributed by atoms with Crippen LogP contribution >= 0.6 is 0 Å². The second-order valence-electron chi connectivity index (χ2n) is 7.39. The molecule has 1 heterocycles. The van der Waals surface area contributed by atoms with Crippen LogP contribution < -0.4 is 14.4 Å². The Balaban J connectivity index is 1.64. The van der Waals surface area contributed by atoms with Gasteiger partial charge in [0, 0.05) is 24.9 Å². The molecule has 158 valence electrons. The molecule has 0 bridgehead atoms. The molecule has 3 aromatic carbocycles. The maximum absolute atomic E-state index is 13.4. The van der Waals surface area contributed by atoms with Crippen molar-refractivity contribution in [2.75, 3.05) is 19.1 Å². The molecule has 0 aliphatic carbocycles. The average Bonchev–Trinajstić information content (AvgIpc) is 3.23. The van der Waals surface area contributed by atoms with Crippen molar-refractivity contribution in [1.29, 1.82) is 0 Å². The van der Waals surface area contributed by atoms with E-state index in [4.69, 9.17) is 9.47 Å². The molecule has 0 saturated heterocycles. The predicted molar refractivity (Wildman–Crippen MR) is 122 cm³/mol. The molecule has 0 fully saturated rings. The van der Waals surface area contributed by atoms with E-state index in [9.17, 15) is 4.79 Å². The summed E-state index contributed by atoms with van der Waals surface area (Å²) < 4.78 is 12.5. The zero-order valence-electron chi connectivity index (χ0n) is 17.9. The average molecular weight is 415 g/mol. The third kappa shape index (κ3) is 4.53. The van der Waals surface area contributed by atoms with Gasteiger partial charge in [0.05, 0.1) is 39.1 Å². The highest BCUT2D eigenvalue weighted by Gasteiger charge is 2.20. The van der Waals surface area contributed by atoms with Crippen molar-refractivity contribution in [2.24, 2.45) is 7.05 Å². The molecule has 0 saturated carbocycles. The molecule has 0 atom stereocenters. The normalized spacial score (nSPS) is 10.8. The summed E-state index contributed by atoms with van der Waals surface area (Å²) in [6, 6.07) is 19.9. The van der Waals surface area contributed by atoms with Crippen LogP contribution in [-0.2, 0) is 24.8 Å². The first kappa shape index (κ1) is 20.5. The molecule has 1 amide bonds. The third-order valence-electron chi connectivity index (χ3n) is 5.30. The summed E-state index contributed by atoms with van der Waals surface area (Å²) >= 11 is 0. The summed E-state index contributed by atoms with van der Waals surface area (Å²) in [5, 5.41) is 6.53. The SMILES string of the molecule is COc1ccc(CN(C(=O)Cc2ccc3ccccc3c2)c2cnn(C)c2)c(OC)c1. The first-order valence-corrected chi connectivity index (χ1v) is 10.0. The van der Waals surface area contributed by atoms with Crippen LogP contribution in [0.1, 0.15) is 11.1 Å². The van der Waals surface area contributed by atoms with Crippen molar-refractivity contribution >= 4 is 22.4 Å². The summed E-state index contributed by atoms with van der Waals surface area (Å²) in [5.41, 5.74) is 2.60. The molecule has 0 radical (unpaired) electrons. The number of carbonyl (C=O) groups excluding carboxylic acids is 1. The minimum absolute atomic E-state index is 0.0128. The van der Waals surface area contributed by atoms with E-state index in [-0.39, 0.29) is 12.3 Å². The molecular weight excluding hydrogens is 390 g/mol. The lowest BCUT2D eigenvalue weighted by Gasteiger charge is -2.23. The van der Waals surface area contributed by atoms with Crippen LogP contribution in [0.4, 0.5) is 5.69 Å². The van der Waals surface area contributed by atoms with Gasteiger partial charge in [0.15, 0.2) is 0 Å². The van der Waals surface area contributed by atoms with Crippen LogP contribution in [0.25, 0.3) is 10.8 Å². The fourth-order valence-electron chi connectivity index (χ4n) is 3.64. The molecule has 6 nitrogen and oxygen atoms in total. The Hall–Kier alpha value is -3.80. The Morgan fingerprint density at radius 2 is 1.81 bits per heavy atom. The van der Waals surface area contributed by atoms with Crippen LogP contribution in [-0.4, -0.2) is 29.9 Å². The Bertz CT molecular complexity index is 1220. The fraction of sp³-hybridized carbons (Fsp3) is 0.200. The second kappa shape index (κ2) is 8.92. The molecule has 0 aliphatic heterocycles. The number of methoxy groups -OCH3 is 2. The topological polar surface area (TPSA) is 56.6 Å². The number of benzene rings is 3. The van der Waals surface area contributed by atoms with E-state index in [0.29, 0.717) is 18.0 Å². The molecular formula is C25H25N3O3. The van der Waals surface area contributed by atoms with E-state index >= 15 is 0 Å². The van der Waals surface area contributed by atoms with Crippen LogP contribution in [0.3, 0.4) is 0 Å². The van der Waals surface area contributed by atoms with Gasteiger partial charge in [0.1, 0.15) is 11.5 Å². The van der Waals surface area contributed by atoms with Crippen molar-refractivity contribution in [3.8, 4) is 11.5 Å². The Kier molecular flexibility index (Phi) is 5.89. The molecule has 0 aliphatic rings. The monoisotopic (exact) mass is 415 g/mol. The van der Waals surface area contributed by atoms with Gasteiger partial charge in [0.25, 0.3) is 0 Å². The number of nitrogens with zero attached hydrogens (tertiary/aromatic N) is 3. The van der Waals surface area contributed by atoms with E-state index in [2.05, 4.69) is 29.4 Å². The number of fused-ring (bicyclic) bond motifs is 1. The Morgan fingerprint density at radius 1 is 1.00 bits per heavy atom. The second-order valence-corrected chi connectivity index (χ2v) is 7.39. The Labute approximate surface area is 181 Å². The van der Waals surface area contributed by atoms with Gasteiger partial charge < -0.3 is 14.4 Å². The Morgan fingerprint density at radius 3 is 2.52 bits per heavy atom. The van der Waals surface area contributed by atoms with Crippen LogP contribution in [0.5, 0.6) is 11.5 Å². The summed E-state index contributed by atoms with van der Waals surface area (Å²) in [5.74, 6) is 1.36. The van der Waals surface area contributed by atoms with Crippen molar-refractivity contribution in [3.63, 3.8) is 0 Å². The lowest BCUT2D eigenvalue weighted by Crippen LogP contribution is -2.31. The van der Waals surface area contributed by atoms with E-state index in [1.165, 1.54) is 0 Å². The lowest BCUT2D eigenvalue weighted by atomic mass is 10.0. The van der Waals surface area contributed by atoms with Gasteiger partial charge in [0.2, 0.25) is 5.91 Å². The number of hydrogen-bond acceptors (Lipinski definition) is 4. The minimum Gasteiger partial charge on any atom is -0.497 e. The van der Waals surface area contributed by atoms with E-state index < -0.39 is 0 Å². The number of aromatic nitrogens is 2. The van der Waals surface area contributed by atoms with Crippen molar-refractivity contribution in [1.82, 2.24) is 9.78 Å². The summed E-state index contributed by atoms with van der Waals surface area (Å²) in [4.78, 5) is 15.2. The van der Waals surface area contributed by atoms with E-state index in [1.54, 1.807) is 30.0 Å². The molecule has 0 spiro atoms. The van der Waals surface area contributed by atoms with Gasteiger partial charge in [-0.3, -0.25) is 9.48 Å². The van der Waals surface area contributed by atoms with Crippen LogP contribution in [0.15, 0.2) is 73.1 Å². The van der Waals surface area contributed by atoms with Crippen LogP contribution in [0.2, 0.25) is 0 Å². The molecule has 4 rings (SSSR count). The summed E-state index contributed by atoms with van der Waals surface area (Å²) in [6.45, 7) is 0.366. The standard InChI is InChI=1S/C25H25N3O3/c1-27-17-22(15-26-27)28(16-21-10-11-23(30-2)14-24(21)31-3)25(29)13-18-8-9-19-6-4-5-7-20(19)12-18/h4-12,14-15,17H,13,16H2,1-3H3. The fourth-order valence-corrected chi connectivity index (χ4v) is 3.64. The maximum atomic E-state index is 13.4. The largest absolute Gasteiger partial charge is 0.497 e. The molecule has 1 aromatic heterocycles. The van der Waals surface area contributed by atoms with Gasteiger partial charge in [-0.05, 0) is 28.5 Å². The predicted octanol–water partition coefficient (Wildman–Crippen LogP) is 4.37. The first-order valence-electron chi connectivity index (χ1n) is 10.0. The number of carbonyl (C=O) groups is 1. The summed E-state index contributed by atoms with van der Waals surface area (Å²) in [6.07, 6.45) is 3.83. The smallest absolute Gasteiger partial charge is 0.231 e. The quantitative estimate of drug-likeness (QED) is 0.450. The van der Waals surface area contributed by atoms with Crippen LogP contribution in [0, 0.1) is 0 Å². The summed E-state index contributed by atoms with van der Waals surface area (Å²) in [7, 11) is 5.07. The van der Waals surface area contributed by atoms with E-state index in [0.717, 1.165) is 27.6 Å². The number of aryl methyl sites for hydroxylation is 1. The highest BCUT2D eigenvalue weighted by molar-refractivity contribution is 5.95. The first-order chi connectivity index (χ1) is 15.1. The number of rotatable bonds is 7. The zero-order chi connectivity index (χ0) is 21.8. The van der Waals surface area contributed by atoms with Gasteiger partial charge in [-0.1, -0.05) is 42.5 Å². The van der Waals surface area contributed by atoms with Gasteiger partial charge in [-0.25, -0.2) is 0 Å². The lowest BCUT2D eigenvalue weighted by molar-refractivity contribution is -0.118. The molecule has 0 unspecified atom stereocenters. The highest BCUT2D eigenvalue weighted by atomic mass is 16.5. The highest BCUT2D eigenvalue weighted by Crippen LogP contribution is 2.28. The minimum atomic E-state index is -0.0128. The number of ether oxygens (including phenoxy) is 2. The molecule has 6 heteroatoms. The van der Waals surface area contributed by atoms with Crippen molar-refractivity contribution in [2.45, 2.75) is 13.0 Å². The van der Waals surface area contributed by atoms with Gasteiger partial charge >= 0.3 is 0 Å². The third-order valence-corrected chi connectivity index (χ3v) is 5.30. The molecule has 31 heavy (non-hydrogen) atoms. The van der Waals surface area contributed by atoms with Gasteiger partial charge in [-0.15, -0.1) is 0 Å². The number of anilines is 1. The molecule has 4 aromatic rings. The van der Waals surface area contributed by atoms with Crippen molar-refractivity contribution in [3.05, 3.63) is 84.2 Å².